The van der Waals surface area contributed by atoms with Crippen molar-refractivity contribution >= 4 is 10.9 Å². The summed E-state index contributed by atoms with van der Waals surface area (Å²) in [7, 11) is 0. The Labute approximate surface area is 215 Å². The van der Waals surface area contributed by atoms with Crippen LogP contribution in [-0.4, -0.2) is 44.8 Å². The van der Waals surface area contributed by atoms with Crippen molar-refractivity contribution in [2.75, 3.05) is 13.1 Å². The molecule has 9 rings (SSSR count). The highest BCUT2D eigenvalue weighted by Crippen LogP contribution is 2.69. The van der Waals surface area contributed by atoms with Gasteiger partial charge in [-0.25, -0.2) is 0 Å². The smallest absolute Gasteiger partial charge is 0.151 e. The van der Waals surface area contributed by atoms with Crippen molar-refractivity contribution in [2.45, 2.75) is 55.3 Å². The van der Waals surface area contributed by atoms with Gasteiger partial charge in [-0.2, -0.15) is 0 Å². The highest BCUT2D eigenvalue weighted by Gasteiger charge is 2.72. The molecule has 1 saturated heterocycles. The van der Waals surface area contributed by atoms with Crippen molar-refractivity contribution in [3.8, 4) is 22.6 Å². The van der Waals surface area contributed by atoms with E-state index in [1.165, 1.54) is 34.9 Å². The Morgan fingerprint density at radius 3 is 2.81 bits per heavy atom. The number of phenolic OH excluding ortho intramolecular Hbond substituents is 1. The molecule has 3 heterocycles. The number of phenols is 1. The lowest BCUT2D eigenvalue weighted by molar-refractivity contribution is -0.173. The van der Waals surface area contributed by atoms with Crippen LogP contribution in [0.1, 0.15) is 47.8 Å². The van der Waals surface area contributed by atoms with Crippen molar-refractivity contribution < 1.29 is 14.9 Å². The molecule has 5 nitrogen and oxygen atoms in total. The molecule has 3 aromatic carbocycles. The molecule has 0 radical (unpaired) electrons. The Bertz CT molecular complexity index is 1620. The van der Waals surface area contributed by atoms with Gasteiger partial charge < -0.3 is 19.9 Å². The third-order valence-corrected chi connectivity index (χ3v) is 10.2. The number of nitrogens with one attached hydrogen (secondary N) is 1. The molecule has 5 heteroatoms. The van der Waals surface area contributed by atoms with Crippen LogP contribution in [-0.2, 0) is 18.3 Å². The molecule has 4 atom stereocenters. The molecule has 2 aliphatic heterocycles. The summed E-state index contributed by atoms with van der Waals surface area (Å²) >= 11 is 0. The van der Waals surface area contributed by atoms with Crippen LogP contribution < -0.4 is 4.74 Å². The Balaban J connectivity index is 1.32. The first-order chi connectivity index (χ1) is 18.1. The summed E-state index contributed by atoms with van der Waals surface area (Å²) in [6.45, 7) is 2.09. The number of aromatic nitrogens is 1. The fraction of sp³-hybridized carbons (Fsp3) is 0.375. The van der Waals surface area contributed by atoms with Crippen LogP contribution in [0, 0.1) is 5.92 Å². The zero-order valence-corrected chi connectivity index (χ0v) is 20.7. The standard InChI is InChI=1S/C32H30N2O3/c35-21-5-3-4-19(14-21)22-11-10-20-15-26-32(36)16-24-23-6-1-2-7-25(23)33-28(24)30-31(32,27(20)29(22)37-30)12-13-34(26)17-18-8-9-18/h1-7,10-11,14,18,26,30,33,35-36H,8-9,12-13,15-17H2/t26-,30-,31-,32+/m0/s1. The van der Waals surface area contributed by atoms with Crippen molar-refractivity contribution in [1.82, 2.24) is 9.88 Å². The number of hydrogen-bond donors (Lipinski definition) is 3. The maximum Gasteiger partial charge on any atom is 0.151 e. The lowest BCUT2D eigenvalue weighted by atomic mass is 9.49. The van der Waals surface area contributed by atoms with Gasteiger partial charge in [-0.1, -0.05) is 42.5 Å². The second-order valence-corrected chi connectivity index (χ2v) is 12.1. The van der Waals surface area contributed by atoms with E-state index in [-0.39, 0.29) is 17.9 Å². The zero-order valence-electron chi connectivity index (χ0n) is 20.7. The summed E-state index contributed by atoms with van der Waals surface area (Å²) in [6, 6.07) is 20.4. The molecule has 1 spiro atoms. The lowest BCUT2D eigenvalue weighted by Gasteiger charge is -2.62. The Hall–Kier alpha value is -3.28. The maximum absolute atomic E-state index is 13.1. The van der Waals surface area contributed by atoms with Crippen molar-refractivity contribution in [3.05, 3.63) is 83.0 Å². The number of aromatic amines is 1. The molecule has 186 valence electrons. The van der Waals surface area contributed by atoms with Gasteiger partial charge in [0.05, 0.1) is 16.7 Å². The maximum atomic E-state index is 13.1. The van der Waals surface area contributed by atoms with Gasteiger partial charge in [0, 0.05) is 41.0 Å². The fourth-order valence-electron chi connectivity index (χ4n) is 8.49. The van der Waals surface area contributed by atoms with Crippen molar-refractivity contribution in [2.24, 2.45) is 5.92 Å². The molecule has 2 bridgehead atoms. The van der Waals surface area contributed by atoms with E-state index in [4.69, 9.17) is 4.74 Å². The number of aromatic hydroxyl groups is 1. The van der Waals surface area contributed by atoms with Crippen LogP contribution in [0.15, 0.2) is 60.7 Å². The van der Waals surface area contributed by atoms with Crippen LogP contribution in [0.4, 0.5) is 0 Å². The number of aliphatic hydroxyl groups is 1. The van der Waals surface area contributed by atoms with E-state index in [1.54, 1.807) is 6.07 Å². The molecule has 1 saturated carbocycles. The van der Waals surface area contributed by atoms with Gasteiger partial charge in [-0.3, -0.25) is 4.90 Å². The fourth-order valence-corrected chi connectivity index (χ4v) is 8.49. The lowest BCUT2D eigenvalue weighted by Crippen LogP contribution is -2.74. The van der Waals surface area contributed by atoms with Crippen LogP contribution in [0.2, 0.25) is 0 Å². The molecule has 37 heavy (non-hydrogen) atoms. The highest BCUT2D eigenvalue weighted by molar-refractivity contribution is 5.87. The van der Waals surface area contributed by atoms with Crippen LogP contribution >= 0.6 is 0 Å². The second kappa shape index (κ2) is 6.77. The van der Waals surface area contributed by atoms with Gasteiger partial charge in [0.1, 0.15) is 11.5 Å². The minimum absolute atomic E-state index is 0.0832. The van der Waals surface area contributed by atoms with E-state index in [1.807, 2.05) is 18.2 Å². The summed E-state index contributed by atoms with van der Waals surface area (Å²) in [6.07, 6.45) is 4.76. The van der Waals surface area contributed by atoms with E-state index in [0.29, 0.717) is 6.42 Å². The second-order valence-electron chi connectivity index (χ2n) is 12.1. The molecule has 5 aliphatic rings. The molecule has 2 fully saturated rings. The Morgan fingerprint density at radius 1 is 1.05 bits per heavy atom. The predicted octanol–water partition coefficient (Wildman–Crippen LogP) is 5.24. The number of hydrogen-bond acceptors (Lipinski definition) is 4. The summed E-state index contributed by atoms with van der Waals surface area (Å²) in [4.78, 5) is 6.35. The number of para-hydroxylation sites is 1. The highest BCUT2D eigenvalue weighted by atomic mass is 16.5. The quantitative estimate of drug-likeness (QED) is 0.367. The van der Waals surface area contributed by atoms with Gasteiger partial charge in [-0.15, -0.1) is 0 Å². The van der Waals surface area contributed by atoms with Gasteiger partial charge in [0.2, 0.25) is 0 Å². The monoisotopic (exact) mass is 490 g/mol. The summed E-state index contributed by atoms with van der Waals surface area (Å²) in [5.41, 5.74) is 6.55. The SMILES string of the molecule is Oc1cccc(-c2ccc3c4c2O[C@H]2c5[nH]c6ccccc6c5C[C@@]5(O)[C@H](C3)N(CC3CC3)CC[C@]425)c1. The number of nitrogens with zero attached hydrogens (tertiary/aromatic N) is 1. The summed E-state index contributed by atoms with van der Waals surface area (Å²) in [5.74, 6) is 1.93. The van der Waals surface area contributed by atoms with E-state index >= 15 is 0 Å². The van der Waals surface area contributed by atoms with Crippen LogP contribution in [0.5, 0.6) is 11.5 Å². The van der Waals surface area contributed by atoms with Crippen molar-refractivity contribution in [1.29, 1.82) is 0 Å². The van der Waals surface area contributed by atoms with Crippen LogP contribution in [0.3, 0.4) is 0 Å². The number of likely N-dealkylation sites (tertiary alicyclic amines) is 1. The average molecular weight is 491 g/mol. The average Bonchev–Trinajstić information content (AvgIpc) is 3.54. The molecule has 4 aromatic rings. The molecule has 0 amide bonds. The largest absolute Gasteiger partial charge is 0.508 e. The first-order valence-corrected chi connectivity index (χ1v) is 13.8. The molecule has 1 aromatic heterocycles. The Kier molecular flexibility index (Phi) is 3.80. The number of piperidine rings is 1. The first kappa shape index (κ1) is 20.7. The minimum Gasteiger partial charge on any atom is -0.508 e. The molecule has 3 N–H and O–H groups in total. The van der Waals surface area contributed by atoms with Gasteiger partial charge in [0.25, 0.3) is 0 Å². The normalized spacial score (nSPS) is 31.2. The minimum atomic E-state index is -0.904. The van der Waals surface area contributed by atoms with Crippen molar-refractivity contribution in [3.63, 3.8) is 0 Å². The summed E-state index contributed by atoms with van der Waals surface area (Å²) in [5, 5.41) is 24.5. The molecule has 0 unspecified atom stereocenters. The third kappa shape index (κ3) is 2.47. The van der Waals surface area contributed by atoms with Crippen LogP contribution in [0.25, 0.3) is 22.0 Å². The van der Waals surface area contributed by atoms with E-state index < -0.39 is 11.0 Å². The van der Waals surface area contributed by atoms with E-state index in [0.717, 1.165) is 59.9 Å². The number of fused-ring (bicyclic) bond motifs is 4. The van der Waals surface area contributed by atoms with E-state index in [2.05, 4.69) is 46.3 Å². The predicted molar refractivity (Wildman–Crippen MR) is 142 cm³/mol. The third-order valence-electron chi connectivity index (χ3n) is 10.2. The summed E-state index contributed by atoms with van der Waals surface area (Å²) < 4.78 is 7.06. The molecule has 3 aliphatic carbocycles. The van der Waals surface area contributed by atoms with E-state index in [9.17, 15) is 10.2 Å². The number of ether oxygens (including phenoxy) is 1. The number of H-pyrrole nitrogens is 1. The Morgan fingerprint density at radius 2 is 1.95 bits per heavy atom. The number of benzene rings is 3. The zero-order chi connectivity index (χ0) is 24.5. The van der Waals surface area contributed by atoms with Gasteiger partial charge in [0.15, 0.2) is 6.10 Å². The van der Waals surface area contributed by atoms with Gasteiger partial charge in [-0.05, 0) is 73.0 Å². The molecular formula is C32H30N2O3. The number of rotatable bonds is 3. The molecular weight excluding hydrogens is 460 g/mol. The topological polar surface area (TPSA) is 68.7 Å². The van der Waals surface area contributed by atoms with Gasteiger partial charge >= 0.3 is 0 Å². The first-order valence-electron chi connectivity index (χ1n) is 13.8.